The van der Waals surface area contributed by atoms with Crippen molar-refractivity contribution in [3.8, 4) is 11.5 Å². The number of methoxy groups -OCH3 is 1. The van der Waals surface area contributed by atoms with Gasteiger partial charge in [0.05, 0.1) is 20.2 Å². The van der Waals surface area contributed by atoms with Crippen LogP contribution in [0.15, 0.2) is 61.2 Å². The molecular weight excluding hydrogens is 364 g/mol. The van der Waals surface area contributed by atoms with Gasteiger partial charge in [0.2, 0.25) is 5.91 Å². The van der Waals surface area contributed by atoms with Crippen LogP contribution in [-0.4, -0.2) is 44.2 Å². The van der Waals surface area contributed by atoms with Crippen LogP contribution in [0.1, 0.15) is 5.56 Å². The van der Waals surface area contributed by atoms with Gasteiger partial charge in [-0.1, -0.05) is 29.8 Å². The Morgan fingerprint density at radius 2 is 1.81 bits per heavy atom. The summed E-state index contributed by atoms with van der Waals surface area (Å²) in [5, 5.41) is 3.53. The summed E-state index contributed by atoms with van der Waals surface area (Å²) in [6.07, 6.45) is 1.79. The Labute approximate surface area is 165 Å². The molecule has 2 rings (SSSR count). The third-order valence-corrected chi connectivity index (χ3v) is 4.08. The molecule has 0 aromatic heterocycles. The van der Waals surface area contributed by atoms with Crippen molar-refractivity contribution in [3.63, 3.8) is 0 Å². The van der Waals surface area contributed by atoms with Crippen LogP contribution in [0.2, 0.25) is 5.02 Å². The number of carbonyl (C=O) groups excluding carboxylic acids is 1. The quantitative estimate of drug-likeness (QED) is 0.472. The Morgan fingerprint density at radius 3 is 2.44 bits per heavy atom. The average molecular weight is 389 g/mol. The summed E-state index contributed by atoms with van der Waals surface area (Å²) < 4.78 is 10.7. The zero-order chi connectivity index (χ0) is 19.5. The van der Waals surface area contributed by atoms with Crippen LogP contribution in [0.4, 0.5) is 0 Å². The first-order valence-electron chi connectivity index (χ1n) is 8.72. The fraction of sp³-hybridized carbons (Fsp3) is 0.286. The zero-order valence-corrected chi connectivity index (χ0v) is 16.2. The van der Waals surface area contributed by atoms with Gasteiger partial charge in [-0.2, -0.15) is 0 Å². The lowest BCUT2D eigenvalue weighted by molar-refractivity contribution is -0.122. The maximum absolute atomic E-state index is 12.2. The molecule has 0 unspecified atom stereocenters. The van der Waals surface area contributed by atoms with E-state index in [0.717, 1.165) is 17.1 Å². The number of amides is 1. The minimum absolute atomic E-state index is 0.0509. The van der Waals surface area contributed by atoms with Crippen LogP contribution < -0.4 is 14.8 Å². The van der Waals surface area contributed by atoms with E-state index in [1.54, 1.807) is 37.5 Å². The molecule has 1 N–H and O–H groups in total. The Morgan fingerprint density at radius 1 is 1.15 bits per heavy atom. The minimum atomic E-state index is -0.0509. The second kappa shape index (κ2) is 11.3. The number of ether oxygens (including phenoxy) is 2. The molecule has 0 aliphatic carbocycles. The lowest BCUT2D eigenvalue weighted by Crippen LogP contribution is -2.38. The van der Waals surface area contributed by atoms with Gasteiger partial charge in [0.25, 0.3) is 0 Å². The summed E-state index contributed by atoms with van der Waals surface area (Å²) in [5.74, 6) is 1.49. The molecule has 1 amide bonds. The minimum Gasteiger partial charge on any atom is -0.497 e. The van der Waals surface area contributed by atoms with E-state index in [2.05, 4.69) is 11.9 Å². The third-order valence-electron chi connectivity index (χ3n) is 3.83. The van der Waals surface area contributed by atoms with Gasteiger partial charge in [0, 0.05) is 18.1 Å². The average Bonchev–Trinajstić information content (AvgIpc) is 2.67. The van der Waals surface area contributed by atoms with Crippen LogP contribution in [0.5, 0.6) is 11.5 Å². The van der Waals surface area contributed by atoms with E-state index in [1.165, 1.54) is 0 Å². The second-order valence-electron chi connectivity index (χ2n) is 5.96. The van der Waals surface area contributed by atoms with Crippen molar-refractivity contribution in [1.29, 1.82) is 0 Å². The van der Waals surface area contributed by atoms with Gasteiger partial charge in [-0.05, 0) is 42.0 Å². The monoisotopic (exact) mass is 388 g/mol. The topological polar surface area (TPSA) is 50.8 Å². The van der Waals surface area contributed by atoms with Gasteiger partial charge >= 0.3 is 0 Å². The van der Waals surface area contributed by atoms with E-state index >= 15 is 0 Å². The number of carbonyl (C=O) groups is 1. The number of hydrogen-bond acceptors (Lipinski definition) is 4. The molecule has 0 aliphatic heterocycles. The largest absolute Gasteiger partial charge is 0.497 e. The normalized spacial score (nSPS) is 10.5. The Hall–Kier alpha value is -2.50. The summed E-state index contributed by atoms with van der Waals surface area (Å²) >= 11 is 5.83. The lowest BCUT2D eigenvalue weighted by atomic mass is 10.2. The second-order valence-corrected chi connectivity index (χ2v) is 6.40. The lowest BCUT2D eigenvalue weighted by Gasteiger charge is -2.20. The predicted octanol–water partition coefficient (Wildman–Crippen LogP) is 3.53. The van der Waals surface area contributed by atoms with Crippen molar-refractivity contribution >= 4 is 17.5 Å². The van der Waals surface area contributed by atoms with Gasteiger partial charge < -0.3 is 14.8 Å². The summed E-state index contributed by atoms with van der Waals surface area (Å²) in [5.41, 5.74) is 1.11. The highest BCUT2D eigenvalue weighted by Gasteiger charge is 2.10. The number of halogens is 1. The summed E-state index contributed by atoms with van der Waals surface area (Å²) in [7, 11) is 1.64. The smallest absolute Gasteiger partial charge is 0.234 e. The number of hydrogen-bond donors (Lipinski definition) is 1. The first-order valence-corrected chi connectivity index (χ1v) is 9.09. The van der Waals surface area contributed by atoms with Gasteiger partial charge in [-0.15, -0.1) is 6.58 Å². The number of benzene rings is 2. The summed E-state index contributed by atoms with van der Waals surface area (Å²) in [6.45, 7) is 6.18. The molecule has 0 atom stereocenters. The number of nitrogens with zero attached hydrogens (tertiary/aromatic N) is 1. The molecule has 144 valence electrons. The molecule has 0 saturated carbocycles. The zero-order valence-electron chi connectivity index (χ0n) is 15.5. The molecule has 0 spiro atoms. The highest BCUT2D eigenvalue weighted by atomic mass is 35.5. The van der Waals surface area contributed by atoms with E-state index in [4.69, 9.17) is 21.1 Å². The molecule has 2 aromatic carbocycles. The van der Waals surface area contributed by atoms with E-state index in [-0.39, 0.29) is 5.91 Å². The van der Waals surface area contributed by atoms with Gasteiger partial charge in [0.1, 0.15) is 18.1 Å². The third kappa shape index (κ3) is 7.72. The van der Waals surface area contributed by atoms with Crippen molar-refractivity contribution in [1.82, 2.24) is 10.2 Å². The first-order chi connectivity index (χ1) is 13.1. The molecule has 2 aromatic rings. The van der Waals surface area contributed by atoms with Crippen LogP contribution in [0.25, 0.3) is 0 Å². The van der Waals surface area contributed by atoms with E-state index in [1.807, 2.05) is 29.2 Å². The molecular formula is C21H25ClN2O3. The van der Waals surface area contributed by atoms with Crippen LogP contribution in [0, 0.1) is 0 Å². The highest BCUT2D eigenvalue weighted by Crippen LogP contribution is 2.15. The van der Waals surface area contributed by atoms with Crippen LogP contribution >= 0.6 is 11.6 Å². The number of nitrogens with one attached hydrogen (secondary N) is 1. The molecule has 0 saturated heterocycles. The molecule has 0 radical (unpaired) electrons. The van der Waals surface area contributed by atoms with Crippen LogP contribution in [0.3, 0.4) is 0 Å². The van der Waals surface area contributed by atoms with Crippen molar-refractivity contribution in [2.75, 3.05) is 33.4 Å². The fourth-order valence-corrected chi connectivity index (χ4v) is 2.63. The maximum atomic E-state index is 12.2. The van der Waals surface area contributed by atoms with E-state index in [9.17, 15) is 4.79 Å². The Balaban J connectivity index is 1.74. The first kappa shape index (κ1) is 20.8. The van der Waals surface area contributed by atoms with Crippen molar-refractivity contribution in [3.05, 3.63) is 71.8 Å². The molecule has 27 heavy (non-hydrogen) atoms. The van der Waals surface area contributed by atoms with E-state index in [0.29, 0.717) is 37.8 Å². The molecule has 0 bridgehead atoms. The SMILES string of the molecule is C=CCN(CC(=O)NCCOc1ccc(Cl)cc1)Cc1ccc(OC)cc1. The highest BCUT2D eigenvalue weighted by molar-refractivity contribution is 6.30. The molecule has 0 fully saturated rings. The number of rotatable bonds is 11. The van der Waals surface area contributed by atoms with Crippen LogP contribution in [-0.2, 0) is 11.3 Å². The summed E-state index contributed by atoms with van der Waals surface area (Å²) in [6, 6.07) is 14.9. The Kier molecular flexibility index (Phi) is 8.68. The fourth-order valence-electron chi connectivity index (χ4n) is 2.51. The molecule has 0 aliphatic rings. The van der Waals surface area contributed by atoms with Gasteiger partial charge in [0.15, 0.2) is 0 Å². The van der Waals surface area contributed by atoms with Gasteiger partial charge in [-0.3, -0.25) is 9.69 Å². The standard InChI is InChI=1S/C21H25ClN2O3/c1-3-13-24(15-17-4-8-19(26-2)9-5-17)16-21(25)23-12-14-27-20-10-6-18(22)7-11-20/h3-11H,1,12-16H2,2H3,(H,23,25). The van der Waals surface area contributed by atoms with Crippen molar-refractivity contribution < 1.29 is 14.3 Å². The molecule has 6 heteroatoms. The summed E-state index contributed by atoms with van der Waals surface area (Å²) in [4.78, 5) is 14.2. The maximum Gasteiger partial charge on any atom is 0.234 e. The van der Waals surface area contributed by atoms with Crippen molar-refractivity contribution in [2.45, 2.75) is 6.54 Å². The van der Waals surface area contributed by atoms with Crippen molar-refractivity contribution in [2.24, 2.45) is 0 Å². The van der Waals surface area contributed by atoms with E-state index < -0.39 is 0 Å². The van der Waals surface area contributed by atoms with Gasteiger partial charge in [-0.25, -0.2) is 0 Å². The molecule has 5 nitrogen and oxygen atoms in total. The predicted molar refractivity (Wildman–Crippen MR) is 108 cm³/mol. The Bertz CT molecular complexity index is 717. The molecule has 0 heterocycles.